The number of carbonyl (C=O) groups excluding carboxylic acids is 3. The molecule has 6 heteroatoms. The topological polar surface area (TPSA) is 72.9 Å². The Morgan fingerprint density at radius 1 is 0.931 bits per heavy atom. The van der Waals surface area contributed by atoms with Gasteiger partial charge in [0.1, 0.15) is 5.75 Å². The monoisotopic (exact) mass is 393 g/mol. The summed E-state index contributed by atoms with van der Waals surface area (Å²) in [6.45, 7) is 2.11. The molecule has 1 fully saturated rings. The van der Waals surface area contributed by atoms with Gasteiger partial charge in [-0.15, -0.1) is 0 Å². The number of amides is 2. The summed E-state index contributed by atoms with van der Waals surface area (Å²) in [7, 11) is 0. The zero-order valence-corrected chi connectivity index (χ0v) is 16.3. The number of esters is 1. The first-order valence-corrected chi connectivity index (χ1v) is 9.99. The molecule has 2 aromatic carbocycles. The number of carbonyl (C=O) groups is 3. The number of imide groups is 1. The van der Waals surface area contributed by atoms with Crippen molar-refractivity contribution in [2.45, 2.75) is 44.8 Å². The van der Waals surface area contributed by atoms with Crippen LogP contribution in [0.15, 0.2) is 48.5 Å². The van der Waals surface area contributed by atoms with Crippen LogP contribution in [0.2, 0.25) is 0 Å². The zero-order valence-electron chi connectivity index (χ0n) is 16.3. The summed E-state index contributed by atoms with van der Waals surface area (Å²) in [6.07, 6.45) is 2.98. The van der Waals surface area contributed by atoms with E-state index in [4.69, 9.17) is 9.47 Å². The largest absolute Gasteiger partial charge is 0.490 e. The smallest absolute Gasteiger partial charge is 0.338 e. The van der Waals surface area contributed by atoms with Crippen LogP contribution in [0.3, 0.4) is 0 Å². The second kappa shape index (κ2) is 8.07. The Labute approximate surface area is 169 Å². The lowest BCUT2D eigenvalue weighted by atomic mass is 9.91. The van der Waals surface area contributed by atoms with E-state index in [1.54, 1.807) is 55.5 Å². The van der Waals surface area contributed by atoms with E-state index < -0.39 is 0 Å². The van der Waals surface area contributed by atoms with Crippen LogP contribution in [0.4, 0.5) is 0 Å². The van der Waals surface area contributed by atoms with Gasteiger partial charge in [-0.2, -0.15) is 0 Å². The van der Waals surface area contributed by atoms with Crippen molar-refractivity contribution in [2.75, 3.05) is 6.61 Å². The van der Waals surface area contributed by atoms with Gasteiger partial charge in [-0.25, -0.2) is 4.79 Å². The molecule has 0 aromatic heterocycles. The minimum absolute atomic E-state index is 0.0230. The maximum absolute atomic E-state index is 12.6. The first-order chi connectivity index (χ1) is 14.1. The van der Waals surface area contributed by atoms with Gasteiger partial charge in [0, 0.05) is 6.04 Å². The number of fused-ring (bicyclic) bond motifs is 1. The normalized spacial score (nSPS) is 21.1. The molecule has 1 saturated carbocycles. The third-order valence-electron chi connectivity index (χ3n) is 5.50. The van der Waals surface area contributed by atoms with Crippen molar-refractivity contribution in [2.24, 2.45) is 0 Å². The highest BCUT2D eigenvalue weighted by molar-refractivity contribution is 6.21. The Balaban J connectivity index is 1.34. The maximum atomic E-state index is 12.6. The van der Waals surface area contributed by atoms with E-state index in [0.717, 1.165) is 25.7 Å². The fourth-order valence-electron chi connectivity index (χ4n) is 4.04. The molecule has 2 amide bonds. The summed E-state index contributed by atoms with van der Waals surface area (Å²) >= 11 is 0. The standard InChI is InChI=1S/C23H23NO5/c1-2-28-23(27)15-7-11-17(12-8-15)29-18-13-9-16(10-14-18)24-21(25)19-5-3-4-6-20(19)22(24)26/h3-8,11-12,16,18H,2,9-10,13-14H2,1H3. The van der Waals surface area contributed by atoms with Gasteiger partial charge in [0.05, 0.1) is 29.4 Å². The van der Waals surface area contributed by atoms with Crippen molar-refractivity contribution in [3.63, 3.8) is 0 Å². The highest BCUT2D eigenvalue weighted by Gasteiger charge is 2.41. The molecule has 0 saturated heterocycles. The average Bonchev–Trinajstić information content (AvgIpc) is 3.00. The first-order valence-electron chi connectivity index (χ1n) is 9.99. The molecule has 6 nitrogen and oxygen atoms in total. The molecule has 0 bridgehead atoms. The fraction of sp³-hybridized carbons (Fsp3) is 0.348. The molecular weight excluding hydrogens is 370 g/mol. The van der Waals surface area contributed by atoms with Crippen LogP contribution in [0.5, 0.6) is 5.75 Å². The van der Waals surface area contributed by atoms with Gasteiger partial charge in [0.2, 0.25) is 0 Å². The third-order valence-corrected chi connectivity index (χ3v) is 5.50. The Morgan fingerprint density at radius 3 is 2.07 bits per heavy atom. The molecule has 2 aliphatic rings. The van der Waals surface area contributed by atoms with Crippen LogP contribution in [0, 0.1) is 0 Å². The molecule has 150 valence electrons. The zero-order chi connectivity index (χ0) is 20.4. The Kier molecular flexibility index (Phi) is 5.34. The average molecular weight is 393 g/mol. The minimum Gasteiger partial charge on any atom is -0.490 e. The van der Waals surface area contributed by atoms with E-state index in [2.05, 4.69) is 0 Å². The second-order valence-electron chi connectivity index (χ2n) is 7.32. The van der Waals surface area contributed by atoms with Crippen LogP contribution < -0.4 is 4.74 Å². The summed E-state index contributed by atoms with van der Waals surface area (Å²) < 4.78 is 11.0. The summed E-state index contributed by atoms with van der Waals surface area (Å²) in [6, 6.07) is 13.8. The summed E-state index contributed by atoms with van der Waals surface area (Å²) in [5, 5.41) is 0. The molecule has 0 radical (unpaired) electrons. The third kappa shape index (κ3) is 3.75. The molecule has 4 rings (SSSR count). The number of nitrogens with zero attached hydrogens (tertiary/aromatic N) is 1. The SMILES string of the molecule is CCOC(=O)c1ccc(OC2CCC(N3C(=O)c4ccccc4C3=O)CC2)cc1. The molecule has 0 atom stereocenters. The van der Waals surface area contributed by atoms with Gasteiger partial charge >= 0.3 is 5.97 Å². The number of hydrogen-bond acceptors (Lipinski definition) is 5. The highest BCUT2D eigenvalue weighted by Crippen LogP contribution is 2.32. The van der Waals surface area contributed by atoms with Gasteiger partial charge in [0.25, 0.3) is 11.8 Å². The van der Waals surface area contributed by atoms with Crippen molar-refractivity contribution < 1.29 is 23.9 Å². The van der Waals surface area contributed by atoms with Gasteiger partial charge in [0.15, 0.2) is 0 Å². The lowest BCUT2D eigenvalue weighted by Gasteiger charge is -2.33. The van der Waals surface area contributed by atoms with Gasteiger partial charge < -0.3 is 9.47 Å². The molecule has 1 aliphatic carbocycles. The van der Waals surface area contributed by atoms with Crippen LogP contribution in [0.1, 0.15) is 63.7 Å². The van der Waals surface area contributed by atoms with Crippen molar-refractivity contribution in [3.8, 4) is 5.75 Å². The van der Waals surface area contributed by atoms with Crippen molar-refractivity contribution in [1.82, 2.24) is 4.90 Å². The van der Waals surface area contributed by atoms with Gasteiger partial charge in [-0.05, 0) is 69.0 Å². The van der Waals surface area contributed by atoms with Crippen LogP contribution >= 0.6 is 0 Å². The fourth-order valence-corrected chi connectivity index (χ4v) is 4.04. The van der Waals surface area contributed by atoms with E-state index in [0.29, 0.717) is 29.0 Å². The molecule has 0 unspecified atom stereocenters. The summed E-state index contributed by atoms with van der Waals surface area (Å²) in [5.74, 6) is -0.0308. The Morgan fingerprint density at radius 2 is 1.52 bits per heavy atom. The predicted molar refractivity (Wildman–Crippen MR) is 106 cm³/mol. The number of hydrogen-bond donors (Lipinski definition) is 0. The van der Waals surface area contributed by atoms with Crippen molar-refractivity contribution in [1.29, 1.82) is 0 Å². The van der Waals surface area contributed by atoms with Gasteiger partial charge in [-0.3, -0.25) is 14.5 Å². The van der Waals surface area contributed by atoms with Crippen LogP contribution in [-0.4, -0.2) is 41.4 Å². The Hall–Kier alpha value is -3.15. The quantitative estimate of drug-likeness (QED) is 0.570. The molecule has 0 N–H and O–H groups in total. The molecule has 2 aromatic rings. The van der Waals surface area contributed by atoms with E-state index in [-0.39, 0.29) is 29.9 Å². The van der Waals surface area contributed by atoms with E-state index in [9.17, 15) is 14.4 Å². The molecule has 1 aliphatic heterocycles. The number of benzene rings is 2. The highest BCUT2D eigenvalue weighted by atomic mass is 16.5. The number of ether oxygens (including phenoxy) is 2. The Bertz CT molecular complexity index is 894. The lowest BCUT2D eigenvalue weighted by Crippen LogP contribution is -2.43. The number of rotatable bonds is 5. The first kappa shape index (κ1) is 19.2. The van der Waals surface area contributed by atoms with E-state index >= 15 is 0 Å². The molecule has 1 heterocycles. The summed E-state index contributed by atoms with van der Waals surface area (Å²) in [4.78, 5) is 38.4. The predicted octanol–water partition coefficient (Wildman–Crippen LogP) is 3.85. The summed E-state index contributed by atoms with van der Waals surface area (Å²) in [5.41, 5.74) is 1.49. The van der Waals surface area contributed by atoms with Gasteiger partial charge in [-0.1, -0.05) is 12.1 Å². The minimum atomic E-state index is -0.347. The van der Waals surface area contributed by atoms with Crippen LogP contribution in [0.25, 0.3) is 0 Å². The van der Waals surface area contributed by atoms with E-state index in [1.807, 2.05) is 0 Å². The van der Waals surface area contributed by atoms with Crippen LogP contribution in [-0.2, 0) is 4.74 Å². The lowest BCUT2D eigenvalue weighted by molar-refractivity contribution is 0.0474. The van der Waals surface area contributed by atoms with Crippen molar-refractivity contribution >= 4 is 17.8 Å². The molecule has 29 heavy (non-hydrogen) atoms. The second-order valence-corrected chi connectivity index (χ2v) is 7.32. The molecule has 0 spiro atoms. The molecular formula is C23H23NO5. The van der Waals surface area contributed by atoms with E-state index in [1.165, 1.54) is 4.90 Å². The maximum Gasteiger partial charge on any atom is 0.338 e. The van der Waals surface area contributed by atoms with Crippen molar-refractivity contribution in [3.05, 3.63) is 65.2 Å².